The number of rotatable bonds is 1. The van der Waals surface area contributed by atoms with Gasteiger partial charge in [0.25, 0.3) is 5.91 Å². The fraction of sp³-hybridized carbons (Fsp3) is 0.571. The third kappa shape index (κ3) is 2.13. The number of hydrogen-bond donors (Lipinski definition) is 1. The molecule has 2 aliphatic rings. The molecule has 1 aromatic rings. The highest BCUT2D eigenvalue weighted by molar-refractivity contribution is 5.94. The molecule has 3 rings (SSSR count). The highest BCUT2D eigenvalue weighted by Crippen LogP contribution is 2.40. The van der Waals surface area contributed by atoms with Crippen LogP contribution in [-0.2, 0) is 4.79 Å². The summed E-state index contributed by atoms with van der Waals surface area (Å²) < 4.78 is 0. The number of aromatic amines is 1. The SMILES string of the molecule is CN1CC2(CCN(C(=O)c3cc[nH]c3)CC2)CC1=O. The average molecular weight is 261 g/mol. The summed E-state index contributed by atoms with van der Waals surface area (Å²) >= 11 is 0. The first-order chi connectivity index (χ1) is 9.10. The minimum atomic E-state index is 0.0915. The maximum absolute atomic E-state index is 12.2. The zero-order valence-electron chi connectivity index (χ0n) is 11.2. The molecule has 1 spiro atoms. The van der Waals surface area contributed by atoms with E-state index in [0.29, 0.717) is 6.42 Å². The molecule has 2 fully saturated rings. The monoisotopic (exact) mass is 261 g/mol. The van der Waals surface area contributed by atoms with Gasteiger partial charge >= 0.3 is 0 Å². The summed E-state index contributed by atoms with van der Waals surface area (Å²) in [4.78, 5) is 30.5. The molecule has 1 aromatic heterocycles. The lowest BCUT2D eigenvalue weighted by Gasteiger charge is -2.38. The lowest BCUT2D eigenvalue weighted by atomic mass is 9.77. The van der Waals surface area contributed by atoms with Gasteiger partial charge in [0.15, 0.2) is 0 Å². The molecule has 19 heavy (non-hydrogen) atoms. The van der Waals surface area contributed by atoms with Crippen LogP contribution in [-0.4, -0.2) is 53.3 Å². The lowest BCUT2D eigenvalue weighted by Crippen LogP contribution is -2.44. The molecule has 5 nitrogen and oxygen atoms in total. The Morgan fingerprint density at radius 1 is 1.37 bits per heavy atom. The minimum Gasteiger partial charge on any atom is -0.367 e. The first-order valence-corrected chi connectivity index (χ1v) is 6.76. The van der Waals surface area contributed by atoms with Crippen molar-refractivity contribution in [3.63, 3.8) is 0 Å². The third-order valence-corrected chi connectivity index (χ3v) is 4.48. The van der Waals surface area contributed by atoms with Crippen LogP contribution in [0.25, 0.3) is 0 Å². The van der Waals surface area contributed by atoms with Gasteiger partial charge < -0.3 is 14.8 Å². The van der Waals surface area contributed by atoms with Crippen molar-refractivity contribution in [3.05, 3.63) is 24.0 Å². The summed E-state index contributed by atoms with van der Waals surface area (Å²) in [6, 6.07) is 1.81. The molecule has 2 saturated heterocycles. The fourth-order valence-electron chi connectivity index (χ4n) is 3.26. The molecule has 0 aliphatic carbocycles. The number of amides is 2. The van der Waals surface area contributed by atoms with E-state index in [1.807, 2.05) is 16.8 Å². The Kier molecular flexibility index (Phi) is 2.84. The van der Waals surface area contributed by atoms with Crippen LogP contribution >= 0.6 is 0 Å². The van der Waals surface area contributed by atoms with E-state index in [2.05, 4.69) is 4.98 Å². The number of aromatic nitrogens is 1. The van der Waals surface area contributed by atoms with Gasteiger partial charge in [-0.25, -0.2) is 0 Å². The largest absolute Gasteiger partial charge is 0.367 e. The molecule has 0 aromatic carbocycles. The van der Waals surface area contributed by atoms with Gasteiger partial charge in [0.1, 0.15) is 0 Å². The first kappa shape index (κ1) is 12.3. The van der Waals surface area contributed by atoms with Crippen LogP contribution in [0.5, 0.6) is 0 Å². The number of H-pyrrole nitrogens is 1. The highest BCUT2D eigenvalue weighted by Gasteiger charge is 2.44. The second-order valence-corrected chi connectivity index (χ2v) is 5.82. The number of carbonyl (C=O) groups is 2. The number of nitrogens with zero attached hydrogens (tertiary/aromatic N) is 2. The quantitative estimate of drug-likeness (QED) is 0.823. The van der Waals surface area contributed by atoms with Gasteiger partial charge in [0.2, 0.25) is 5.91 Å². The molecular formula is C14H19N3O2. The van der Waals surface area contributed by atoms with Gasteiger partial charge in [-0.05, 0) is 18.9 Å². The van der Waals surface area contributed by atoms with Crippen molar-refractivity contribution >= 4 is 11.8 Å². The molecular weight excluding hydrogens is 242 g/mol. The Morgan fingerprint density at radius 3 is 2.63 bits per heavy atom. The first-order valence-electron chi connectivity index (χ1n) is 6.76. The molecule has 5 heteroatoms. The zero-order valence-corrected chi connectivity index (χ0v) is 11.2. The van der Waals surface area contributed by atoms with Gasteiger partial charge in [-0.1, -0.05) is 0 Å². The van der Waals surface area contributed by atoms with E-state index in [4.69, 9.17) is 0 Å². The molecule has 0 atom stereocenters. The van der Waals surface area contributed by atoms with Crippen molar-refractivity contribution in [3.8, 4) is 0 Å². The van der Waals surface area contributed by atoms with Crippen molar-refractivity contribution in [1.82, 2.24) is 14.8 Å². The van der Waals surface area contributed by atoms with Gasteiger partial charge in [0.05, 0.1) is 5.56 Å². The molecule has 0 unspecified atom stereocenters. The fourth-order valence-corrected chi connectivity index (χ4v) is 3.26. The van der Waals surface area contributed by atoms with Gasteiger partial charge in [0, 0.05) is 50.9 Å². The van der Waals surface area contributed by atoms with E-state index in [1.54, 1.807) is 18.5 Å². The number of piperidine rings is 1. The molecule has 0 saturated carbocycles. The van der Waals surface area contributed by atoms with E-state index < -0.39 is 0 Å². The Hall–Kier alpha value is -1.78. The van der Waals surface area contributed by atoms with Crippen molar-refractivity contribution in [2.45, 2.75) is 19.3 Å². The minimum absolute atomic E-state index is 0.0915. The highest BCUT2D eigenvalue weighted by atomic mass is 16.2. The summed E-state index contributed by atoms with van der Waals surface area (Å²) in [7, 11) is 1.87. The molecule has 1 N–H and O–H groups in total. The lowest BCUT2D eigenvalue weighted by molar-refractivity contribution is -0.126. The van der Waals surface area contributed by atoms with Crippen molar-refractivity contribution in [2.75, 3.05) is 26.7 Å². The molecule has 102 valence electrons. The van der Waals surface area contributed by atoms with Crippen molar-refractivity contribution < 1.29 is 9.59 Å². The van der Waals surface area contributed by atoms with E-state index in [1.165, 1.54) is 0 Å². The number of hydrogen-bond acceptors (Lipinski definition) is 2. The summed E-state index contributed by atoms with van der Waals surface area (Å²) in [6.45, 7) is 2.36. The van der Waals surface area contributed by atoms with E-state index >= 15 is 0 Å². The van der Waals surface area contributed by atoms with E-state index in [9.17, 15) is 9.59 Å². The second kappa shape index (κ2) is 4.40. The Labute approximate surface area is 112 Å². The van der Waals surface area contributed by atoms with Crippen LogP contribution in [0.15, 0.2) is 18.5 Å². The molecule has 2 aliphatic heterocycles. The topological polar surface area (TPSA) is 56.4 Å². The van der Waals surface area contributed by atoms with Crippen LogP contribution in [0.2, 0.25) is 0 Å². The Morgan fingerprint density at radius 2 is 2.11 bits per heavy atom. The molecule has 3 heterocycles. The normalized spacial score (nSPS) is 22.3. The third-order valence-electron chi connectivity index (χ3n) is 4.48. The summed E-state index contributed by atoms with van der Waals surface area (Å²) in [5.74, 6) is 0.333. The maximum Gasteiger partial charge on any atom is 0.255 e. The number of nitrogens with one attached hydrogen (secondary N) is 1. The second-order valence-electron chi connectivity index (χ2n) is 5.82. The van der Waals surface area contributed by atoms with Crippen molar-refractivity contribution in [2.24, 2.45) is 5.41 Å². The number of likely N-dealkylation sites (tertiary alicyclic amines) is 2. The van der Waals surface area contributed by atoms with E-state index in [-0.39, 0.29) is 17.2 Å². The van der Waals surface area contributed by atoms with Crippen LogP contribution in [0, 0.1) is 5.41 Å². The van der Waals surface area contributed by atoms with Crippen LogP contribution in [0.1, 0.15) is 29.6 Å². The van der Waals surface area contributed by atoms with Crippen molar-refractivity contribution in [1.29, 1.82) is 0 Å². The average Bonchev–Trinajstić information content (AvgIpc) is 3.00. The Bertz CT molecular complexity index is 487. The molecule has 0 bridgehead atoms. The predicted molar refractivity (Wildman–Crippen MR) is 70.6 cm³/mol. The van der Waals surface area contributed by atoms with Crippen LogP contribution in [0.4, 0.5) is 0 Å². The van der Waals surface area contributed by atoms with Gasteiger partial charge in [-0.2, -0.15) is 0 Å². The number of carbonyl (C=O) groups excluding carboxylic acids is 2. The van der Waals surface area contributed by atoms with Gasteiger partial charge in [-0.3, -0.25) is 9.59 Å². The standard InChI is InChI=1S/C14H19N3O2/c1-16-10-14(8-12(16)18)3-6-17(7-4-14)13(19)11-2-5-15-9-11/h2,5,9,15H,3-4,6-8,10H2,1H3. The van der Waals surface area contributed by atoms with E-state index in [0.717, 1.165) is 38.0 Å². The predicted octanol–water partition coefficient (Wildman–Crippen LogP) is 1.10. The van der Waals surface area contributed by atoms with Crippen LogP contribution < -0.4 is 0 Å². The molecule has 0 radical (unpaired) electrons. The maximum atomic E-state index is 12.2. The molecule has 2 amide bonds. The summed E-state index contributed by atoms with van der Waals surface area (Å²) in [5.41, 5.74) is 0.830. The summed E-state index contributed by atoms with van der Waals surface area (Å²) in [6.07, 6.45) is 6.01. The van der Waals surface area contributed by atoms with Gasteiger partial charge in [-0.15, -0.1) is 0 Å². The van der Waals surface area contributed by atoms with Crippen LogP contribution in [0.3, 0.4) is 0 Å². The Balaban J connectivity index is 1.64. The smallest absolute Gasteiger partial charge is 0.255 e. The zero-order chi connectivity index (χ0) is 13.5. The summed E-state index contributed by atoms with van der Waals surface area (Å²) in [5, 5.41) is 0.